The number of phenols is 1. The summed E-state index contributed by atoms with van der Waals surface area (Å²) in [7, 11) is 2.97. The molecule has 0 atom stereocenters. The van der Waals surface area contributed by atoms with E-state index in [1.165, 1.54) is 26.4 Å². The fourth-order valence-electron chi connectivity index (χ4n) is 1.77. The Morgan fingerprint density at radius 2 is 1.90 bits per heavy atom. The first kappa shape index (κ1) is 15.0. The van der Waals surface area contributed by atoms with Crippen LogP contribution in [0, 0.1) is 0 Å². The molecule has 0 unspecified atom stereocenters. The maximum absolute atomic E-state index is 12.1. The van der Waals surface area contributed by atoms with Crippen molar-refractivity contribution in [2.75, 3.05) is 19.5 Å². The Labute approximate surface area is 127 Å². The van der Waals surface area contributed by atoms with Crippen molar-refractivity contribution < 1.29 is 19.4 Å². The van der Waals surface area contributed by atoms with Gasteiger partial charge in [-0.25, -0.2) is 0 Å². The van der Waals surface area contributed by atoms with Gasteiger partial charge < -0.3 is 19.9 Å². The number of hydrogen-bond acceptors (Lipinski definition) is 4. The first-order valence-corrected chi connectivity index (χ1v) is 6.45. The van der Waals surface area contributed by atoms with Gasteiger partial charge in [-0.3, -0.25) is 4.79 Å². The second-order valence-corrected chi connectivity index (χ2v) is 4.59. The average Bonchev–Trinajstić information content (AvgIpc) is 2.48. The summed E-state index contributed by atoms with van der Waals surface area (Å²) in [5.41, 5.74) is 0.654. The SMILES string of the molecule is COc1ccc(C(=O)Nc2ccc(Cl)c(OC)c2)c(O)c1. The first-order valence-electron chi connectivity index (χ1n) is 6.07. The molecule has 0 heterocycles. The van der Waals surface area contributed by atoms with Gasteiger partial charge in [-0.2, -0.15) is 0 Å². The number of hydrogen-bond donors (Lipinski definition) is 2. The molecule has 21 heavy (non-hydrogen) atoms. The minimum absolute atomic E-state index is 0.143. The van der Waals surface area contributed by atoms with Crippen molar-refractivity contribution in [2.24, 2.45) is 0 Å². The van der Waals surface area contributed by atoms with Gasteiger partial charge >= 0.3 is 0 Å². The van der Waals surface area contributed by atoms with Crippen molar-refractivity contribution in [1.29, 1.82) is 0 Å². The summed E-state index contributed by atoms with van der Waals surface area (Å²) in [5, 5.41) is 12.9. The molecule has 0 saturated carbocycles. The van der Waals surface area contributed by atoms with Gasteiger partial charge in [0.1, 0.15) is 17.2 Å². The fraction of sp³-hybridized carbons (Fsp3) is 0.133. The van der Waals surface area contributed by atoms with Crippen molar-refractivity contribution in [2.45, 2.75) is 0 Å². The molecule has 0 aliphatic carbocycles. The summed E-state index contributed by atoms with van der Waals surface area (Å²) >= 11 is 5.92. The summed E-state index contributed by atoms with van der Waals surface area (Å²) in [6.07, 6.45) is 0. The molecule has 0 spiro atoms. The normalized spacial score (nSPS) is 10.0. The van der Waals surface area contributed by atoms with E-state index in [2.05, 4.69) is 5.32 Å². The number of ether oxygens (including phenoxy) is 2. The number of benzene rings is 2. The molecule has 0 fully saturated rings. The Kier molecular flexibility index (Phi) is 4.55. The summed E-state index contributed by atoms with van der Waals surface area (Å²) in [6.45, 7) is 0. The van der Waals surface area contributed by atoms with Crippen molar-refractivity contribution in [3.05, 3.63) is 47.0 Å². The molecule has 0 aliphatic rings. The van der Waals surface area contributed by atoms with Crippen LogP contribution in [0.2, 0.25) is 5.02 Å². The topological polar surface area (TPSA) is 67.8 Å². The monoisotopic (exact) mass is 307 g/mol. The van der Waals surface area contributed by atoms with E-state index in [9.17, 15) is 9.90 Å². The number of carbonyl (C=O) groups excluding carboxylic acids is 1. The predicted molar refractivity (Wildman–Crippen MR) is 80.6 cm³/mol. The second-order valence-electron chi connectivity index (χ2n) is 4.19. The molecule has 2 N–H and O–H groups in total. The Balaban J connectivity index is 2.22. The van der Waals surface area contributed by atoms with E-state index < -0.39 is 5.91 Å². The van der Waals surface area contributed by atoms with Crippen LogP contribution in [0.1, 0.15) is 10.4 Å². The molecule has 6 heteroatoms. The van der Waals surface area contributed by atoms with Gasteiger partial charge in [0.25, 0.3) is 5.91 Å². The van der Waals surface area contributed by atoms with Crippen LogP contribution in [0.25, 0.3) is 0 Å². The number of rotatable bonds is 4. The number of amides is 1. The third-order valence-corrected chi connectivity index (χ3v) is 3.17. The van der Waals surface area contributed by atoms with Gasteiger partial charge in [0, 0.05) is 17.8 Å². The highest BCUT2D eigenvalue weighted by Crippen LogP contribution is 2.29. The average molecular weight is 308 g/mol. The zero-order chi connectivity index (χ0) is 15.4. The maximum Gasteiger partial charge on any atom is 0.259 e. The van der Waals surface area contributed by atoms with Gasteiger partial charge in [-0.05, 0) is 24.3 Å². The Bertz CT molecular complexity index is 673. The highest BCUT2D eigenvalue weighted by molar-refractivity contribution is 6.32. The molecule has 2 rings (SSSR count). The largest absolute Gasteiger partial charge is 0.507 e. The highest BCUT2D eigenvalue weighted by Gasteiger charge is 2.13. The van der Waals surface area contributed by atoms with E-state index in [4.69, 9.17) is 21.1 Å². The molecule has 0 saturated heterocycles. The molecule has 110 valence electrons. The molecular weight excluding hydrogens is 294 g/mol. The molecule has 2 aromatic rings. The number of methoxy groups -OCH3 is 2. The van der Waals surface area contributed by atoms with Crippen molar-refractivity contribution in [3.8, 4) is 17.2 Å². The zero-order valence-corrected chi connectivity index (χ0v) is 12.3. The van der Waals surface area contributed by atoms with Gasteiger partial charge in [0.05, 0.1) is 24.8 Å². The van der Waals surface area contributed by atoms with Gasteiger partial charge in [-0.15, -0.1) is 0 Å². The molecule has 0 bridgehead atoms. The third kappa shape index (κ3) is 3.38. The second kappa shape index (κ2) is 6.37. The summed E-state index contributed by atoms with van der Waals surface area (Å²) in [6, 6.07) is 9.30. The fourth-order valence-corrected chi connectivity index (χ4v) is 1.96. The minimum atomic E-state index is -0.445. The van der Waals surface area contributed by atoms with Gasteiger partial charge in [0.15, 0.2) is 0 Å². The predicted octanol–water partition coefficient (Wildman–Crippen LogP) is 3.32. The van der Waals surface area contributed by atoms with Gasteiger partial charge in [-0.1, -0.05) is 11.6 Å². The smallest absolute Gasteiger partial charge is 0.259 e. The molecule has 2 aromatic carbocycles. The molecule has 0 radical (unpaired) electrons. The van der Waals surface area contributed by atoms with Crippen LogP contribution in [-0.4, -0.2) is 25.2 Å². The number of aromatic hydroxyl groups is 1. The molecule has 5 nitrogen and oxygen atoms in total. The molecule has 0 aromatic heterocycles. The van der Waals surface area contributed by atoms with E-state index >= 15 is 0 Å². The Hall–Kier alpha value is -2.40. The zero-order valence-electron chi connectivity index (χ0n) is 11.5. The highest BCUT2D eigenvalue weighted by atomic mass is 35.5. The lowest BCUT2D eigenvalue weighted by Crippen LogP contribution is -2.12. The Morgan fingerprint density at radius 1 is 1.14 bits per heavy atom. The summed E-state index contributed by atoms with van der Waals surface area (Å²) in [5.74, 6) is 0.318. The van der Waals surface area contributed by atoms with E-state index in [-0.39, 0.29) is 11.3 Å². The van der Waals surface area contributed by atoms with E-state index in [1.54, 1.807) is 24.3 Å². The van der Waals surface area contributed by atoms with Crippen molar-refractivity contribution >= 4 is 23.2 Å². The lowest BCUT2D eigenvalue weighted by molar-refractivity contribution is 0.102. The number of carbonyl (C=O) groups is 1. The third-order valence-electron chi connectivity index (χ3n) is 2.86. The molecule has 0 aliphatic heterocycles. The number of anilines is 1. The van der Waals surface area contributed by atoms with Crippen LogP contribution in [0.15, 0.2) is 36.4 Å². The van der Waals surface area contributed by atoms with Crippen LogP contribution in [0.5, 0.6) is 17.2 Å². The van der Waals surface area contributed by atoms with Crippen molar-refractivity contribution in [3.63, 3.8) is 0 Å². The van der Waals surface area contributed by atoms with Crippen LogP contribution < -0.4 is 14.8 Å². The van der Waals surface area contributed by atoms with Crippen molar-refractivity contribution in [1.82, 2.24) is 0 Å². The van der Waals surface area contributed by atoms with Crippen LogP contribution in [0.4, 0.5) is 5.69 Å². The quantitative estimate of drug-likeness (QED) is 0.909. The first-order chi connectivity index (χ1) is 10.0. The standard InChI is InChI=1S/C15H14ClNO4/c1-20-10-4-5-11(13(18)8-10)15(19)17-9-3-6-12(16)14(7-9)21-2/h3-8,18H,1-2H3,(H,17,19). The van der Waals surface area contributed by atoms with E-state index in [0.717, 1.165) is 0 Å². The summed E-state index contributed by atoms with van der Waals surface area (Å²) < 4.78 is 10.0. The summed E-state index contributed by atoms with van der Waals surface area (Å²) in [4.78, 5) is 12.1. The van der Waals surface area contributed by atoms with E-state index in [1.807, 2.05) is 0 Å². The van der Waals surface area contributed by atoms with Crippen LogP contribution in [-0.2, 0) is 0 Å². The number of phenolic OH excluding ortho intramolecular Hbond substituents is 1. The Morgan fingerprint density at radius 3 is 2.52 bits per heavy atom. The molecule has 1 amide bonds. The maximum atomic E-state index is 12.1. The number of halogens is 1. The minimum Gasteiger partial charge on any atom is -0.507 e. The van der Waals surface area contributed by atoms with Crippen LogP contribution in [0.3, 0.4) is 0 Å². The lowest BCUT2D eigenvalue weighted by atomic mass is 10.1. The lowest BCUT2D eigenvalue weighted by Gasteiger charge is -2.10. The number of nitrogens with one attached hydrogen (secondary N) is 1. The molecular formula is C15H14ClNO4. The van der Waals surface area contributed by atoms with Crippen LogP contribution >= 0.6 is 11.6 Å². The van der Waals surface area contributed by atoms with E-state index in [0.29, 0.717) is 22.2 Å². The van der Waals surface area contributed by atoms with Gasteiger partial charge in [0.2, 0.25) is 0 Å².